The zero-order valence-corrected chi connectivity index (χ0v) is 21.1. The molecule has 1 saturated heterocycles. The van der Waals surface area contributed by atoms with Crippen molar-refractivity contribution in [1.29, 1.82) is 0 Å². The summed E-state index contributed by atoms with van der Waals surface area (Å²) in [7, 11) is 0. The summed E-state index contributed by atoms with van der Waals surface area (Å²) in [6.45, 7) is 6.22. The molecule has 0 aliphatic carbocycles. The van der Waals surface area contributed by atoms with Crippen molar-refractivity contribution in [3.05, 3.63) is 59.1 Å². The maximum atomic E-state index is 13.0. The number of fused-ring (bicyclic) bond motifs is 1. The Morgan fingerprint density at radius 1 is 1.26 bits per heavy atom. The third kappa shape index (κ3) is 4.79. The molecule has 0 N–H and O–H groups in total. The van der Waals surface area contributed by atoms with E-state index in [-0.39, 0.29) is 12.0 Å². The van der Waals surface area contributed by atoms with Gasteiger partial charge in [-0.2, -0.15) is 16.9 Å². The Balaban J connectivity index is 1.47. The molecule has 0 radical (unpaired) electrons. The number of halogens is 1. The minimum Gasteiger partial charge on any atom is -0.443 e. The van der Waals surface area contributed by atoms with E-state index in [1.807, 2.05) is 56.8 Å². The third-order valence-electron chi connectivity index (χ3n) is 6.05. The Hall–Kier alpha value is -2.58. The number of ether oxygens (including phenoxy) is 1. The molecule has 3 aromatic rings. The molecule has 178 valence electrons. The first-order valence-electron chi connectivity index (χ1n) is 11.5. The second-order valence-electron chi connectivity index (χ2n) is 9.73. The fraction of sp³-hybridized carbons (Fsp3) is 0.440. The number of thioether (sulfide) groups is 1. The van der Waals surface area contributed by atoms with Crippen molar-refractivity contribution in [2.45, 2.75) is 51.2 Å². The van der Waals surface area contributed by atoms with Crippen LogP contribution in [-0.4, -0.2) is 49.5 Å². The number of hydrogen-bond acceptors (Lipinski definition) is 6. The molecule has 2 aliphatic rings. The highest BCUT2D eigenvalue weighted by molar-refractivity contribution is 7.99. The standard InChI is InChI=1S/C25H28ClN5O2S/c1-25(2,3)33-24(32)30-14-17(19-6-4-5-7-20(19)30)13-22-28-23(16-8-10-27-21(26)12-16)29-31(22)18-9-11-34-15-18/h4-8,10,12,17-18H,9,11,13-15H2,1-3H3. The van der Waals surface area contributed by atoms with E-state index in [9.17, 15) is 4.79 Å². The van der Waals surface area contributed by atoms with Gasteiger partial charge in [0.1, 0.15) is 16.6 Å². The molecule has 1 fully saturated rings. The molecule has 2 unspecified atom stereocenters. The lowest BCUT2D eigenvalue weighted by atomic mass is 9.97. The van der Waals surface area contributed by atoms with Crippen LogP contribution in [0.4, 0.5) is 10.5 Å². The summed E-state index contributed by atoms with van der Waals surface area (Å²) in [5.41, 5.74) is 2.35. The molecule has 9 heteroatoms. The van der Waals surface area contributed by atoms with Crippen molar-refractivity contribution in [2.24, 2.45) is 0 Å². The predicted molar refractivity (Wildman–Crippen MR) is 136 cm³/mol. The van der Waals surface area contributed by atoms with Crippen molar-refractivity contribution in [3.8, 4) is 11.4 Å². The number of pyridine rings is 1. The van der Waals surface area contributed by atoms with E-state index >= 15 is 0 Å². The average Bonchev–Trinajstić information content (AvgIpc) is 3.52. The fourth-order valence-corrected chi connectivity index (χ4v) is 5.91. The van der Waals surface area contributed by atoms with Crippen molar-refractivity contribution in [2.75, 3.05) is 23.0 Å². The van der Waals surface area contributed by atoms with Crippen LogP contribution in [0.2, 0.25) is 5.15 Å². The number of carbonyl (C=O) groups is 1. The molecule has 2 aliphatic heterocycles. The van der Waals surface area contributed by atoms with Gasteiger partial charge >= 0.3 is 6.09 Å². The van der Waals surface area contributed by atoms with Gasteiger partial charge in [-0.1, -0.05) is 29.8 Å². The van der Waals surface area contributed by atoms with Crippen LogP contribution in [0.15, 0.2) is 42.6 Å². The summed E-state index contributed by atoms with van der Waals surface area (Å²) < 4.78 is 7.79. The predicted octanol–water partition coefficient (Wildman–Crippen LogP) is 5.75. The van der Waals surface area contributed by atoms with E-state index < -0.39 is 5.60 Å². The molecule has 0 saturated carbocycles. The summed E-state index contributed by atoms with van der Waals surface area (Å²) >= 11 is 8.07. The summed E-state index contributed by atoms with van der Waals surface area (Å²) in [6.07, 6.45) is 3.12. The van der Waals surface area contributed by atoms with Crippen molar-refractivity contribution in [1.82, 2.24) is 19.7 Å². The van der Waals surface area contributed by atoms with E-state index in [0.717, 1.165) is 40.6 Å². The number of rotatable bonds is 4. The maximum Gasteiger partial charge on any atom is 0.414 e. The van der Waals surface area contributed by atoms with Crippen LogP contribution in [0.3, 0.4) is 0 Å². The number of anilines is 1. The number of para-hydroxylation sites is 1. The minimum atomic E-state index is -0.550. The molecular formula is C25H28ClN5O2S. The smallest absolute Gasteiger partial charge is 0.414 e. The van der Waals surface area contributed by atoms with Crippen molar-refractivity contribution >= 4 is 35.1 Å². The topological polar surface area (TPSA) is 73.1 Å². The molecule has 5 rings (SSSR count). The highest BCUT2D eigenvalue weighted by Crippen LogP contribution is 2.39. The first-order chi connectivity index (χ1) is 16.3. The molecule has 0 spiro atoms. The monoisotopic (exact) mass is 497 g/mol. The quantitative estimate of drug-likeness (QED) is 0.427. The lowest BCUT2D eigenvalue weighted by molar-refractivity contribution is 0.0582. The average molecular weight is 498 g/mol. The zero-order valence-electron chi connectivity index (χ0n) is 19.6. The number of benzene rings is 1. The van der Waals surface area contributed by atoms with Gasteiger partial charge in [-0.15, -0.1) is 0 Å². The molecule has 0 bridgehead atoms. The summed E-state index contributed by atoms with van der Waals surface area (Å²) in [5, 5.41) is 5.33. The SMILES string of the molecule is CC(C)(C)OC(=O)N1CC(Cc2nc(-c3ccnc(Cl)c3)nn2C2CCSC2)c2ccccc21. The second-order valence-corrected chi connectivity index (χ2v) is 11.3. The number of amides is 1. The van der Waals surface area contributed by atoms with Crippen LogP contribution in [0.1, 0.15) is 50.5 Å². The van der Waals surface area contributed by atoms with Crippen LogP contribution in [0, 0.1) is 0 Å². The van der Waals surface area contributed by atoms with E-state index in [4.69, 9.17) is 26.4 Å². The van der Waals surface area contributed by atoms with Crippen LogP contribution >= 0.6 is 23.4 Å². The number of carbonyl (C=O) groups excluding carboxylic acids is 1. The molecule has 1 aromatic carbocycles. The largest absolute Gasteiger partial charge is 0.443 e. The van der Waals surface area contributed by atoms with Crippen LogP contribution in [0.5, 0.6) is 0 Å². The molecular weight excluding hydrogens is 470 g/mol. The van der Waals surface area contributed by atoms with Gasteiger partial charge in [-0.05, 0) is 56.7 Å². The normalized spacial score (nSPS) is 19.9. The van der Waals surface area contributed by atoms with E-state index in [1.54, 1.807) is 17.2 Å². The maximum absolute atomic E-state index is 13.0. The van der Waals surface area contributed by atoms with Gasteiger partial charge in [-0.25, -0.2) is 19.4 Å². The zero-order chi connectivity index (χ0) is 23.9. The Bertz CT molecular complexity index is 1200. The highest BCUT2D eigenvalue weighted by atomic mass is 35.5. The molecule has 34 heavy (non-hydrogen) atoms. The minimum absolute atomic E-state index is 0.106. The second kappa shape index (κ2) is 9.23. The van der Waals surface area contributed by atoms with E-state index in [0.29, 0.717) is 30.0 Å². The van der Waals surface area contributed by atoms with E-state index in [1.165, 1.54) is 0 Å². The van der Waals surface area contributed by atoms with Gasteiger partial charge in [0.15, 0.2) is 5.82 Å². The Morgan fingerprint density at radius 3 is 2.82 bits per heavy atom. The molecule has 2 atom stereocenters. The molecule has 4 heterocycles. The third-order valence-corrected chi connectivity index (χ3v) is 7.40. The Morgan fingerprint density at radius 2 is 2.09 bits per heavy atom. The van der Waals surface area contributed by atoms with E-state index in [2.05, 4.69) is 15.7 Å². The van der Waals surface area contributed by atoms with Crippen molar-refractivity contribution < 1.29 is 9.53 Å². The summed E-state index contributed by atoms with van der Waals surface area (Å²) in [4.78, 5) is 23.8. The van der Waals surface area contributed by atoms with Crippen LogP contribution < -0.4 is 4.90 Å². The molecule has 7 nitrogen and oxygen atoms in total. The highest BCUT2D eigenvalue weighted by Gasteiger charge is 2.36. The van der Waals surface area contributed by atoms with Gasteiger partial charge < -0.3 is 4.74 Å². The summed E-state index contributed by atoms with van der Waals surface area (Å²) in [5.74, 6) is 3.85. The van der Waals surface area contributed by atoms with Gasteiger partial charge in [0.05, 0.1) is 11.7 Å². The van der Waals surface area contributed by atoms with Crippen molar-refractivity contribution in [3.63, 3.8) is 0 Å². The number of aromatic nitrogens is 4. The van der Waals surface area contributed by atoms with Crippen LogP contribution in [0.25, 0.3) is 11.4 Å². The van der Waals surface area contributed by atoms with Crippen LogP contribution in [-0.2, 0) is 11.2 Å². The van der Waals surface area contributed by atoms with Gasteiger partial charge in [0.25, 0.3) is 0 Å². The lowest BCUT2D eigenvalue weighted by Gasteiger charge is -2.25. The summed E-state index contributed by atoms with van der Waals surface area (Å²) in [6, 6.07) is 12.1. The van der Waals surface area contributed by atoms with Gasteiger partial charge in [-0.3, -0.25) is 4.90 Å². The molecule has 1 amide bonds. The Labute approximate surface area is 208 Å². The number of nitrogens with zero attached hydrogens (tertiary/aromatic N) is 5. The first kappa shape index (κ1) is 23.2. The Kier molecular flexibility index (Phi) is 6.29. The fourth-order valence-electron chi connectivity index (χ4n) is 4.55. The molecule has 2 aromatic heterocycles. The first-order valence-corrected chi connectivity index (χ1v) is 13.1. The van der Waals surface area contributed by atoms with Gasteiger partial charge in [0.2, 0.25) is 0 Å². The number of hydrogen-bond donors (Lipinski definition) is 0. The van der Waals surface area contributed by atoms with Gasteiger partial charge in [0, 0.05) is 36.4 Å². The lowest BCUT2D eigenvalue weighted by Crippen LogP contribution is -2.36.